The lowest BCUT2D eigenvalue weighted by atomic mass is 9.98. The van der Waals surface area contributed by atoms with Gasteiger partial charge in [0, 0.05) is 18.0 Å². The van der Waals surface area contributed by atoms with Gasteiger partial charge in [0.15, 0.2) is 5.82 Å². The maximum Gasteiger partial charge on any atom is 0.324 e. The van der Waals surface area contributed by atoms with E-state index in [1.807, 2.05) is 6.92 Å². The number of rotatable bonds is 6. The van der Waals surface area contributed by atoms with Crippen molar-refractivity contribution in [3.63, 3.8) is 0 Å². The molecular weight excluding hydrogens is 370 g/mol. The van der Waals surface area contributed by atoms with Crippen molar-refractivity contribution in [2.24, 2.45) is 5.92 Å². The summed E-state index contributed by atoms with van der Waals surface area (Å²) in [5, 5.41) is 3.87. The van der Waals surface area contributed by atoms with E-state index in [0.717, 1.165) is 38.3 Å². The van der Waals surface area contributed by atoms with E-state index in [9.17, 15) is 0 Å². The fourth-order valence-corrected chi connectivity index (χ4v) is 3.85. The topological polar surface area (TPSA) is 51.4 Å². The fraction of sp³-hybridized carbons (Fsp3) is 0.364. The van der Waals surface area contributed by atoms with E-state index in [0.29, 0.717) is 17.8 Å². The molecular formula is C22H25N3O2S. The molecule has 1 aromatic heterocycles. The average molecular weight is 396 g/mol. The van der Waals surface area contributed by atoms with Crippen LogP contribution in [0.4, 0.5) is 6.01 Å². The van der Waals surface area contributed by atoms with Gasteiger partial charge < -0.3 is 14.2 Å². The largest absolute Gasteiger partial charge is 0.493 e. The zero-order valence-electron chi connectivity index (χ0n) is 16.3. The van der Waals surface area contributed by atoms with Crippen molar-refractivity contribution in [1.82, 2.24) is 10.1 Å². The van der Waals surface area contributed by atoms with Crippen molar-refractivity contribution < 1.29 is 9.26 Å². The van der Waals surface area contributed by atoms with Crippen LogP contribution in [-0.2, 0) is 0 Å². The van der Waals surface area contributed by atoms with Crippen molar-refractivity contribution in [3.8, 4) is 16.9 Å². The van der Waals surface area contributed by atoms with Crippen LogP contribution in [-0.4, -0.2) is 36.1 Å². The zero-order chi connectivity index (χ0) is 19.3. The quantitative estimate of drug-likeness (QED) is 0.544. The minimum Gasteiger partial charge on any atom is -0.493 e. The minimum atomic E-state index is 0.555. The second kappa shape index (κ2) is 8.69. The molecule has 146 valence electrons. The van der Waals surface area contributed by atoms with Crippen LogP contribution in [0.1, 0.15) is 18.7 Å². The number of benzene rings is 2. The van der Waals surface area contributed by atoms with Gasteiger partial charge in [-0.2, -0.15) is 4.98 Å². The Balaban J connectivity index is 1.27. The molecule has 0 bridgehead atoms. The van der Waals surface area contributed by atoms with Gasteiger partial charge in [-0.3, -0.25) is 0 Å². The number of aromatic nitrogens is 2. The Bertz CT molecular complexity index is 885. The number of aryl methyl sites for hydroxylation is 1. The van der Waals surface area contributed by atoms with Crippen LogP contribution in [0.25, 0.3) is 11.1 Å². The van der Waals surface area contributed by atoms with Gasteiger partial charge in [0.05, 0.1) is 6.61 Å². The summed E-state index contributed by atoms with van der Waals surface area (Å²) in [5.41, 5.74) is 2.44. The number of anilines is 1. The summed E-state index contributed by atoms with van der Waals surface area (Å²) in [6.07, 6.45) is 4.24. The summed E-state index contributed by atoms with van der Waals surface area (Å²) >= 11 is 1.76. The minimum absolute atomic E-state index is 0.555. The molecule has 1 aliphatic rings. The molecule has 0 unspecified atom stereocenters. The summed E-state index contributed by atoms with van der Waals surface area (Å²) in [4.78, 5) is 7.75. The predicted molar refractivity (Wildman–Crippen MR) is 113 cm³/mol. The normalized spacial score (nSPS) is 15.0. The molecule has 6 heteroatoms. The second-order valence-electron chi connectivity index (χ2n) is 7.12. The standard InChI is InChI=1S/C22H25N3O2S/c1-16-23-22(27-24-16)25-13-11-17(12-14-25)15-26-20-7-3-18(4-8-20)19-5-9-21(28-2)10-6-19/h3-10,17H,11-15H2,1-2H3. The van der Waals surface area contributed by atoms with Crippen LogP contribution in [0, 0.1) is 12.8 Å². The number of thioether (sulfide) groups is 1. The maximum atomic E-state index is 6.04. The highest BCUT2D eigenvalue weighted by Gasteiger charge is 2.23. The third kappa shape index (κ3) is 4.50. The summed E-state index contributed by atoms with van der Waals surface area (Å²) in [7, 11) is 0. The molecule has 2 heterocycles. The molecule has 0 spiro atoms. The van der Waals surface area contributed by atoms with E-state index in [1.54, 1.807) is 11.8 Å². The Hall–Kier alpha value is -2.47. The first kappa shape index (κ1) is 18.9. The molecule has 3 aromatic rings. The van der Waals surface area contributed by atoms with Crippen LogP contribution in [0.15, 0.2) is 57.9 Å². The van der Waals surface area contributed by atoms with E-state index in [1.165, 1.54) is 16.0 Å². The molecule has 1 fully saturated rings. The Kier molecular flexibility index (Phi) is 5.86. The van der Waals surface area contributed by atoms with Gasteiger partial charge in [-0.05, 0) is 67.3 Å². The van der Waals surface area contributed by atoms with E-state index in [-0.39, 0.29) is 0 Å². The van der Waals surface area contributed by atoms with Crippen LogP contribution >= 0.6 is 11.8 Å². The lowest BCUT2D eigenvalue weighted by molar-refractivity contribution is 0.220. The number of ether oxygens (including phenoxy) is 1. The lowest BCUT2D eigenvalue weighted by Gasteiger charge is -2.30. The summed E-state index contributed by atoms with van der Waals surface area (Å²) in [6, 6.07) is 17.7. The van der Waals surface area contributed by atoms with Gasteiger partial charge in [-0.1, -0.05) is 29.4 Å². The lowest BCUT2D eigenvalue weighted by Crippen LogP contribution is -2.35. The number of hydrogen-bond donors (Lipinski definition) is 0. The highest BCUT2D eigenvalue weighted by molar-refractivity contribution is 7.98. The van der Waals surface area contributed by atoms with E-state index in [4.69, 9.17) is 9.26 Å². The summed E-state index contributed by atoms with van der Waals surface area (Å²) in [5.74, 6) is 2.17. The second-order valence-corrected chi connectivity index (χ2v) is 8.00. The van der Waals surface area contributed by atoms with Crippen molar-refractivity contribution >= 4 is 17.8 Å². The first-order valence-electron chi connectivity index (χ1n) is 9.64. The van der Waals surface area contributed by atoms with Crippen molar-refractivity contribution in [1.29, 1.82) is 0 Å². The Morgan fingerprint density at radius 2 is 1.68 bits per heavy atom. The SMILES string of the molecule is CSc1ccc(-c2ccc(OCC3CCN(c4nc(C)no4)CC3)cc2)cc1. The van der Waals surface area contributed by atoms with Gasteiger partial charge in [-0.15, -0.1) is 11.8 Å². The monoisotopic (exact) mass is 395 g/mol. The molecule has 0 N–H and O–H groups in total. The Morgan fingerprint density at radius 3 is 2.25 bits per heavy atom. The third-order valence-electron chi connectivity index (χ3n) is 5.17. The number of nitrogens with zero attached hydrogens (tertiary/aromatic N) is 3. The number of piperidine rings is 1. The van der Waals surface area contributed by atoms with Crippen LogP contribution in [0.3, 0.4) is 0 Å². The van der Waals surface area contributed by atoms with Gasteiger partial charge in [0.2, 0.25) is 0 Å². The molecule has 28 heavy (non-hydrogen) atoms. The average Bonchev–Trinajstić information content (AvgIpc) is 3.19. The van der Waals surface area contributed by atoms with Gasteiger partial charge >= 0.3 is 6.01 Å². The highest BCUT2D eigenvalue weighted by atomic mass is 32.2. The Morgan fingerprint density at radius 1 is 1.04 bits per heavy atom. The van der Waals surface area contributed by atoms with E-state index >= 15 is 0 Å². The predicted octanol–water partition coefficient (Wildman–Crippen LogP) is 5.06. The Labute approximate surface area is 170 Å². The van der Waals surface area contributed by atoms with Crippen LogP contribution < -0.4 is 9.64 Å². The van der Waals surface area contributed by atoms with E-state index < -0.39 is 0 Å². The molecule has 0 atom stereocenters. The van der Waals surface area contributed by atoms with Crippen molar-refractivity contribution in [2.75, 3.05) is 30.9 Å². The molecule has 0 saturated carbocycles. The van der Waals surface area contributed by atoms with Gasteiger partial charge in [0.25, 0.3) is 0 Å². The summed E-state index contributed by atoms with van der Waals surface area (Å²) < 4.78 is 11.3. The van der Waals surface area contributed by atoms with Crippen LogP contribution in [0.2, 0.25) is 0 Å². The molecule has 0 aliphatic carbocycles. The fourth-order valence-electron chi connectivity index (χ4n) is 3.45. The molecule has 4 rings (SSSR count). The number of hydrogen-bond acceptors (Lipinski definition) is 6. The van der Waals surface area contributed by atoms with Crippen LogP contribution in [0.5, 0.6) is 5.75 Å². The van der Waals surface area contributed by atoms with Gasteiger partial charge in [-0.25, -0.2) is 0 Å². The third-order valence-corrected chi connectivity index (χ3v) is 5.91. The molecule has 0 radical (unpaired) electrons. The van der Waals surface area contributed by atoms with Gasteiger partial charge in [0.1, 0.15) is 5.75 Å². The first-order chi connectivity index (χ1) is 13.7. The smallest absolute Gasteiger partial charge is 0.324 e. The van der Waals surface area contributed by atoms with Crippen molar-refractivity contribution in [2.45, 2.75) is 24.7 Å². The molecule has 2 aromatic carbocycles. The van der Waals surface area contributed by atoms with Crippen molar-refractivity contribution in [3.05, 3.63) is 54.4 Å². The first-order valence-corrected chi connectivity index (χ1v) is 10.9. The molecule has 1 saturated heterocycles. The maximum absolute atomic E-state index is 6.04. The summed E-state index contributed by atoms with van der Waals surface area (Å²) in [6.45, 7) is 4.46. The molecule has 1 aliphatic heterocycles. The zero-order valence-corrected chi connectivity index (χ0v) is 17.1. The molecule has 5 nitrogen and oxygen atoms in total. The highest BCUT2D eigenvalue weighted by Crippen LogP contribution is 2.26. The molecule has 0 amide bonds. The van der Waals surface area contributed by atoms with E-state index in [2.05, 4.69) is 69.8 Å².